The van der Waals surface area contributed by atoms with E-state index in [1.807, 2.05) is 55.5 Å². The summed E-state index contributed by atoms with van der Waals surface area (Å²) in [7, 11) is 0. The summed E-state index contributed by atoms with van der Waals surface area (Å²) >= 11 is 6.11. The van der Waals surface area contributed by atoms with Crippen LogP contribution in [0.25, 0.3) is 21.8 Å². The molecular weight excluding hydrogens is 334 g/mol. The minimum atomic E-state index is -0.0814. The van der Waals surface area contributed by atoms with Gasteiger partial charge in [-0.25, -0.2) is 0 Å². The van der Waals surface area contributed by atoms with Crippen LogP contribution in [0.15, 0.2) is 54.7 Å². The van der Waals surface area contributed by atoms with E-state index < -0.39 is 0 Å². The predicted octanol–water partition coefficient (Wildman–Crippen LogP) is 4.86. The molecule has 0 radical (unpaired) electrons. The molecular formula is C20H16ClN3O. The second kappa shape index (κ2) is 6.22. The number of amides is 1. The number of hydrogen-bond acceptors (Lipinski definition) is 2. The Morgan fingerprint density at radius 2 is 2.04 bits per heavy atom. The first kappa shape index (κ1) is 15.7. The highest BCUT2D eigenvalue weighted by Crippen LogP contribution is 2.26. The molecule has 0 saturated carbocycles. The fourth-order valence-corrected chi connectivity index (χ4v) is 3.31. The van der Waals surface area contributed by atoms with Gasteiger partial charge in [0, 0.05) is 33.2 Å². The van der Waals surface area contributed by atoms with Gasteiger partial charge >= 0.3 is 0 Å². The smallest absolute Gasteiger partial charge is 0.228 e. The lowest BCUT2D eigenvalue weighted by atomic mass is 10.1. The molecule has 0 aliphatic rings. The quantitative estimate of drug-likeness (QED) is 0.555. The highest BCUT2D eigenvalue weighted by molar-refractivity contribution is 6.31. The van der Waals surface area contributed by atoms with Crippen LogP contribution in [-0.4, -0.2) is 15.9 Å². The van der Waals surface area contributed by atoms with Gasteiger partial charge in [-0.1, -0.05) is 29.8 Å². The Bertz CT molecular complexity index is 1100. The molecule has 0 atom stereocenters. The highest BCUT2D eigenvalue weighted by atomic mass is 35.5. The van der Waals surface area contributed by atoms with Crippen molar-refractivity contribution in [3.63, 3.8) is 0 Å². The average molecular weight is 350 g/mol. The fourth-order valence-electron chi connectivity index (χ4n) is 3.14. The molecule has 4 aromatic rings. The van der Waals surface area contributed by atoms with Crippen molar-refractivity contribution in [2.75, 3.05) is 5.32 Å². The van der Waals surface area contributed by atoms with E-state index in [1.54, 1.807) is 6.20 Å². The van der Waals surface area contributed by atoms with Crippen LogP contribution in [0.3, 0.4) is 0 Å². The molecule has 2 N–H and O–H groups in total. The number of nitrogens with one attached hydrogen (secondary N) is 2. The van der Waals surface area contributed by atoms with Crippen LogP contribution in [-0.2, 0) is 11.2 Å². The van der Waals surface area contributed by atoms with E-state index in [4.69, 9.17) is 11.6 Å². The number of hydrogen-bond donors (Lipinski definition) is 2. The van der Waals surface area contributed by atoms with E-state index in [0.717, 1.165) is 38.8 Å². The molecule has 2 aromatic heterocycles. The monoisotopic (exact) mass is 349 g/mol. The minimum absolute atomic E-state index is 0.0814. The number of nitrogens with zero attached hydrogens (tertiary/aromatic N) is 1. The Labute approximate surface area is 149 Å². The average Bonchev–Trinajstić information content (AvgIpc) is 2.90. The molecule has 0 aliphatic carbocycles. The summed E-state index contributed by atoms with van der Waals surface area (Å²) in [6.07, 6.45) is 2.00. The molecule has 0 bridgehead atoms. The van der Waals surface area contributed by atoms with Gasteiger partial charge in [-0.05, 0) is 42.8 Å². The normalized spacial score (nSPS) is 11.1. The Morgan fingerprint density at radius 3 is 2.92 bits per heavy atom. The second-order valence-corrected chi connectivity index (χ2v) is 6.46. The number of para-hydroxylation sites is 1. The molecule has 2 heterocycles. The van der Waals surface area contributed by atoms with Crippen molar-refractivity contribution in [3.8, 4) is 0 Å². The summed E-state index contributed by atoms with van der Waals surface area (Å²) < 4.78 is 0. The lowest BCUT2D eigenvalue weighted by molar-refractivity contribution is -0.115. The Balaban J connectivity index is 1.64. The molecule has 1 amide bonds. The van der Waals surface area contributed by atoms with E-state index >= 15 is 0 Å². The summed E-state index contributed by atoms with van der Waals surface area (Å²) in [6.45, 7) is 1.97. The van der Waals surface area contributed by atoms with Crippen molar-refractivity contribution in [1.29, 1.82) is 0 Å². The number of fused-ring (bicyclic) bond motifs is 2. The lowest BCUT2D eigenvalue weighted by Crippen LogP contribution is -2.15. The maximum atomic E-state index is 12.6. The predicted molar refractivity (Wildman–Crippen MR) is 102 cm³/mol. The SMILES string of the molecule is Cc1[nH]c2ccc(Cl)cc2c1CC(=O)Nc1cccc2cccnc12. The van der Waals surface area contributed by atoms with Gasteiger partial charge in [-0.2, -0.15) is 0 Å². The van der Waals surface area contributed by atoms with Crippen LogP contribution < -0.4 is 5.32 Å². The Kier molecular flexibility index (Phi) is 3.90. The van der Waals surface area contributed by atoms with Crippen LogP contribution in [0.4, 0.5) is 5.69 Å². The Hall–Kier alpha value is -2.85. The van der Waals surface area contributed by atoms with E-state index in [-0.39, 0.29) is 12.3 Å². The zero-order valence-electron chi connectivity index (χ0n) is 13.6. The van der Waals surface area contributed by atoms with Gasteiger partial charge in [0.15, 0.2) is 0 Å². The van der Waals surface area contributed by atoms with Crippen molar-refractivity contribution in [2.24, 2.45) is 0 Å². The van der Waals surface area contributed by atoms with Gasteiger partial charge in [-0.3, -0.25) is 9.78 Å². The molecule has 25 heavy (non-hydrogen) atoms. The number of benzene rings is 2. The Morgan fingerprint density at radius 1 is 1.20 bits per heavy atom. The molecule has 124 valence electrons. The van der Waals surface area contributed by atoms with Crippen LogP contribution in [0.5, 0.6) is 0 Å². The minimum Gasteiger partial charge on any atom is -0.358 e. The van der Waals surface area contributed by atoms with Gasteiger partial charge < -0.3 is 10.3 Å². The second-order valence-electron chi connectivity index (χ2n) is 6.02. The third-order valence-corrected chi connectivity index (χ3v) is 4.56. The number of aryl methyl sites for hydroxylation is 1. The van der Waals surface area contributed by atoms with E-state index in [0.29, 0.717) is 5.02 Å². The number of aromatic amines is 1. The summed E-state index contributed by atoms with van der Waals surface area (Å²) in [5.74, 6) is -0.0814. The number of carbonyl (C=O) groups is 1. The van der Waals surface area contributed by atoms with Crippen LogP contribution in [0.1, 0.15) is 11.3 Å². The third-order valence-electron chi connectivity index (χ3n) is 4.33. The standard InChI is InChI=1S/C20H16ClN3O/c1-12-15(16-10-14(21)7-8-17(16)23-12)11-19(25)24-18-6-2-4-13-5-3-9-22-20(13)18/h2-10,23H,11H2,1H3,(H,24,25). The van der Waals surface area contributed by atoms with E-state index in [9.17, 15) is 4.79 Å². The molecule has 2 aromatic carbocycles. The molecule has 4 nitrogen and oxygen atoms in total. The zero-order chi connectivity index (χ0) is 17.4. The first-order valence-electron chi connectivity index (χ1n) is 8.02. The van der Waals surface area contributed by atoms with E-state index in [2.05, 4.69) is 15.3 Å². The molecule has 0 saturated heterocycles. The summed E-state index contributed by atoms with van der Waals surface area (Å²) in [6, 6.07) is 15.3. The zero-order valence-corrected chi connectivity index (χ0v) is 14.4. The van der Waals surface area contributed by atoms with Crippen molar-refractivity contribution in [1.82, 2.24) is 9.97 Å². The van der Waals surface area contributed by atoms with Gasteiger partial charge in [0.2, 0.25) is 5.91 Å². The van der Waals surface area contributed by atoms with Gasteiger partial charge in [0.05, 0.1) is 17.6 Å². The molecule has 0 fully saturated rings. The van der Waals surface area contributed by atoms with E-state index in [1.165, 1.54) is 0 Å². The third kappa shape index (κ3) is 2.96. The van der Waals surface area contributed by atoms with Crippen molar-refractivity contribution in [2.45, 2.75) is 13.3 Å². The van der Waals surface area contributed by atoms with Gasteiger partial charge in [-0.15, -0.1) is 0 Å². The van der Waals surface area contributed by atoms with Gasteiger partial charge in [0.1, 0.15) is 0 Å². The molecule has 5 heteroatoms. The topological polar surface area (TPSA) is 57.8 Å². The van der Waals surface area contributed by atoms with Crippen LogP contribution in [0.2, 0.25) is 5.02 Å². The number of rotatable bonds is 3. The van der Waals surface area contributed by atoms with Crippen molar-refractivity contribution >= 4 is 45.0 Å². The number of anilines is 1. The molecule has 4 rings (SSSR count). The van der Waals surface area contributed by atoms with Crippen molar-refractivity contribution < 1.29 is 4.79 Å². The maximum Gasteiger partial charge on any atom is 0.228 e. The summed E-state index contributed by atoms with van der Waals surface area (Å²) in [5.41, 5.74) is 4.43. The van der Waals surface area contributed by atoms with Crippen molar-refractivity contribution in [3.05, 3.63) is 71.0 Å². The fraction of sp³-hybridized carbons (Fsp3) is 0.100. The largest absolute Gasteiger partial charge is 0.358 e. The molecule has 0 spiro atoms. The first-order valence-corrected chi connectivity index (χ1v) is 8.40. The lowest BCUT2D eigenvalue weighted by Gasteiger charge is -2.08. The van der Waals surface area contributed by atoms with Crippen LogP contribution in [0, 0.1) is 6.92 Å². The maximum absolute atomic E-state index is 12.6. The number of carbonyl (C=O) groups excluding carboxylic acids is 1. The summed E-state index contributed by atoms with van der Waals surface area (Å²) in [5, 5.41) is 5.62. The number of aromatic nitrogens is 2. The molecule has 0 unspecified atom stereocenters. The highest BCUT2D eigenvalue weighted by Gasteiger charge is 2.14. The molecule has 0 aliphatic heterocycles. The number of halogens is 1. The van der Waals surface area contributed by atoms with Gasteiger partial charge in [0.25, 0.3) is 0 Å². The summed E-state index contributed by atoms with van der Waals surface area (Å²) in [4.78, 5) is 20.3. The number of pyridine rings is 1. The number of H-pyrrole nitrogens is 1. The van der Waals surface area contributed by atoms with Crippen LogP contribution >= 0.6 is 11.6 Å². The first-order chi connectivity index (χ1) is 12.1.